The van der Waals surface area contributed by atoms with Gasteiger partial charge in [0.25, 0.3) is 0 Å². The van der Waals surface area contributed by atoms with Crippen LogP contribution in [0.1, 0.15) is 23.0 Å². The van der Waals surface area contributed by atoms with E-state index in [4.69, 9.17) is 16.6 Å². The zero-order valence-electron chi connectivity index (χ0n) is 14.7. The predicted octanol–water partition coefficient (Wildman–Crippen LogP) is 4.40. The van der Waals surface area contributed by atoms with Crippen molar-refractivity contribution in [1.29, 1.82) is 0 Å². The Labute approximate surface area is 162 Å². The average molecular weight is 381 g/mol. The molecule has 3 N–H and O–H groups in total. The minimum Gasteiger partial charge on any atom is -0.337 e. The first-order valence-electron chi connectivity index (χ1n) is 8.95. The lowest BCUT2D eigenvalue weighted by Gasteiger charge is -2.15. The molecule has 0 saturated heterocycles. The van der Waals surface area contributed by atoms with E-state index in [9.17, 15) is 4.39 Å². The number of nitrogens with two attached hydrogens (primary N) is 1. The van der Waals surface area contributed by atoms with Crippen molar-refractivity contribution >= 4 is 22.6 Å². The van der Waals surface area contributed by atoms with Gasteiger partial charge in [0.2, 0.25) is 0 Å². The summed E-state index contributed by atoms with van der Waals surface area (Å²) in [7, 11) is 0. The molecular formula is C22H20ClFN3+. The van der Waals surface area contributed by atoms with Crippen molar-refractivity contribution in [2.75, 3.05) is 0 Å². The van der Waals surface area contributed by atoms with Crippen LogP contribution in [0.5, 0.6) is 0 Å². The third kappa shape index (κ3) is 4.02. The Morgan fingerprint density at radius 3 is 2.52 bits per heavy atom. The van der Waals surface area contributed by atoms with Crippen LogP contribution in [0.15, 0.2) is 72.8 Å². The normalized spacial score (nSPS) is 12.4. The van der Waals surface area contributed by atoms with Gasteiger partial charge in [-0.05, 0) is 29.8 Å². The Balaban J connectivity index is 1.63. The van der Waals surface area contributed by atoms with Crippen LogP contribution in [0.3, 0.4) is 0 Å². The molecule has 3 nitrogen and oxygen atoms in total. The first kappa shape index (κ1) is 17.7. The molecule has 0 spiro atoms. The third-order valence-electron chi connectivity index (χ3n) is 4.73. The average Bonchev–Trinajstić information content (AvgIpc) is 3.11. The zero-order chi connectivity index (χ0) is 18.6. The van der Waals surface area contributed by atoms with Crippen molar-refractivity contribution in [3.05, 3.63) is 101 Å². The number of fused-ring (bicyclic) bond motifs is 1. The van der Waals surface area contributed by atoms with Crippen LogP contribution in [-0.4, -0.2) is 9.97 Å². The predicted molar refractivity (Wildman–Crippen MR) is 106 cm³/mol. The summed E-state index contributed by atoms with van der Waals surface area (Å²) in [6.07, 6.45) is 0.784. The van der Waals surface area contributed by atoms with Crippen molar-refractivity contribution in [1.82, 2.24) is 9.97 Å². The molecule has 4 aromatic rings. The van der Waals surface area contributed by atoms with Gasteiger partial charge >= 0.3 is 0 Å². The van der Waals surface area contributed by atoms with E-state index >= 15 is 0 Å². The van der Waals surface area contributed by atoms with Gasteiger partial charge in [-0.3, -0.25) is 0 Å². The molecule has 3 aromatic carbocycles. The van der Waals surface area contributed by atoms with Gasteiger partial charge in [0.1, 0.15) is 18.4 Å². The summed E-state index contributed by atoms with van der Waals surface area (Å²) in [6, 6.07) is 23.0. The number of benzene rings is 3. The van der Waals surface area contributed by atoms with E-state index in [0.29, 0.717) is 17.1 Å². The van der Waals surface area contributed by atoms with Gasteiger partial charge in [0.15, 0.2) is 5.82 Å². The molecule has 0 radical (unpaired) electrons. The molecule has 0 aliphatic rings. The molecule has 136 valence electrons. The monoisotopic (exact) mass is 380 g/mol. The Morgan fingerprint density at radius 1 is 0.963 bits per heavy atom. The number of imidazole rings is 1. The fraction of sp³-hybridized carbons (Fsp3) is 0.136. The number of para-hydroxylation sites is 2. The number of quaternary nitrogens is 1. The lowest BCUT2D eigenvalue weighted by atomic mass is 10.0. The Bertz CT molecular complexity index is 993. The summed E-state index contributed by atoms with van der Waals surface area (Å²) < 4.78 is 14.2. The number of rotatable bonds is 6. The highest BCUT2D eigenvalue weighted by atomic mass is 35.5. The molecule has 0 amide bonds. The molecule has 27 heavy (non-hydrogen) atoms. The van der Waals surface area contributed by atoms with Crippen molar-refractivity contribution in [2.24, 2.45) is 0 Å². The molecule has 0 aliphatic carbocycles. The standard InChI is InChI=1S/C22H19ClFN3/c23-17-9-6-10-18(24)16(17)14-25-21(13-15-7-2-1-3-8-15)22-26-19-11-4-5-12-20(19)27-22/h1-12,21,25H,13-14H2,(H,26,27)/p+1/t21-/m0/s1. The highest BCUT2D eigenvalue weighted by molar-refractivity contribution is 6.31. The molecule has 4 rings (SSSR count). The molecule has 0 unspecified atom stereocenters. The summed E-state index contributed by atoms with van der Waals surface area (Å²) in [6.45, 7) is 0.444. The molecule has 5 heteroatoms. The Hall–Kier alpha value is -2.69. The van der Waals surface area contributed by atoms with Gasteiger partial charge in [0, 0.05) is 6.42 Å². The van der Waals surface area contributed by atoms with Crippen LogP contribution >= 0.6 is 11.6 Å². The van der Waals surface area contributed by atoms with Gasteiger partial charge in [-0.2, -0.15) is 0 Å². The number of nitrogens with one attached hydrogen (secondary N) is 1. The van der Waals surface area contributed by atoms with E-state index in [1.807, 2.05) is 42.5 Å². The number of aromatic amines is 1. The lowest BCUT2D eigenvalue weighted by molar-refractivity contribution is -0.712. The van der Waals surface area contributed by atoms with Gasteiger partial charge in [-0.1, -0.05) is 60.1 Å². The quantitative estimate of drug-likeness (QED) is 0.511. The fourth-order valence-electron chi connectivity index (χ4n) is 3.30. The third-order valence-corrected chi connectivity index (χ3v) is 5.08. The van der Waals surface area contributed by atoms with E-state index in [-0.39, 0.29) is 11.9 Å². The first-order chi connectivity index (χ1) is 13.2. The number of nitrogens with zero attached hydrogens (tertiary/aromatic N) is 1. The Kier molecular flexibility index (Phi) is 5.19. The van der Waals surface area contributed by atoms with Crippen molar-refractivity contribution in [3.63, 3.8) is 0 Å². The SMILES string of the molecule is Fc1cccc(Cl)c1C[NH2+][C@@H](Cc1ccccc1)c1nc2ccccc2[nH]1. The van der Waals surface area contributed by atoms with E-state index in [2.05, 4.69) is 22.4 Å². The highest BCUT2D eigenvalue weighted by Gasteiger charge is 2.21. The molecule has 1 atom stereocenters. The maximum Gasteiger partial charge on any atom is 0.166 e. The van der Waals surface area contributed by atoms with Gasteiger partial charge in [-0.25, -0.2) is 9.37 Å². The van der Waals surface area contributed by atoms with Crippen molar-refractivity contribution < 1.29 is 9.71 Å². The summed E-state index contributed by atoms with van der Waals surface area (Å²) >= 11 is 6.20. The zero-order valence-corrected chi connectivity index (χ0v) is 15.5. The van der Waals surface area contributed by atoms with Crippen molar-refractivity contribution in [3.8, 4) is 0 Å². The van der Waals surface area contributed by atoms with E-state index in [0.717, 1.165) is 23.3 Å². The van der Waals surface area contributed by atoms with Crippen LogP contribution in [-0.2, 0) is 13.0 Å². The lowest BCUT2D eigenvalue weighted by Crippen LogP contribution is -2.84. The maximum atomic E-state index is 14.2. The number of hydrogen-bond donors (Lipinski definition) is 2. The number of aromatic nitrogens is 2. The summed E-state index contributed by atoms with van der Waals surface area (Å²) in [5.41, 5.74) is 3.66. The number of halogens is 2. The van der Waals surface area contributed by atoms with Gasteiger partial charge in [-0.15, -0.1) is 0 Å². The maximum absolute atomic E-state index is 14.2. The molecule has 1 heterocycles. The van der Waals surface area contributed by atoms with Gasteiger partial charge < -0.3 is 10.3 Å². The van der Waals surface area contributed by atoms with Crippen LogP contribution < -0.4 is 5.32 Å². The highest BCUT2D eigenvalue weighted by Crippen LogP contribution is 2.20. The smallest absolute Gasteiger partial charge is 0.166 e. The minimum absolute atomic E-state index is 0.0236. The van der Waals surface area contributed by atoms with Crippen LogP contribution in [0, 0.1) is 5.82 Å². The fourth-order valence-corrected chi connectivity index (χ4v) is 3.54. The molecule has 0 bridgehead atoms. The largest absolute Gasteiger partial charge is 0.337 e. The van der Waals surface area contributed by atoms with Crippen LogP contribution in [0.4, 0.5) is 4.39 Å². The number of H-pyrrole nitrogens is 1. The second-order valence-electron chi connectivity index (χ2n) is 6.58. The van der Waals surface area contributed by atoms with Crippen LogP contribution in [0.25, 0.3) is 11.0 Å². The summed E-state index contributed by atoms with van der Waals surface area (Å²) in [4.78, 5) is 8.17. The minimum atomic E-state index is -0.276. The van der Waals surface area contributed by atoms with Crippen LogP contribution in [0.2, 0.25) is 5.02 Å². The summed E-state index contributed by atoms with van der Waals surface area (Å²) in [5.74, 6) is 0.606. The second kappa shape index (κ2) is 7.91. The topological polar surface area (TPSA) is 45.3 Å². The molecule has 0 aliphatic heterocycles. The van der Waals surface area contributed by atoms with E-state index < -0.39 is 0 Å². The van der Waals surface area contributed by atoms with E-state index in [1.54, 1.807) is 12.1 Å². The second-order valence-corrected chi connectivity index (χ2v) is 6.98. The molecule has 0 saturated carbocycles. The summed E-state index contributed by atoms with van der Waals surface area (Å²) in [5, 5.41) is 2.55. The Morgan fingerprint density at radius 2 is 1.74 bits per heavy atom. The molecule has 0 fully saturated rings. The molecular weight excluding hydrogens is 361 g/mol. The first-order valence-corrected chi connectivity index (χ1v) is 9.33. The van der Waals surface area contributed by atoms with E-state index in [1.165, 1.54) is 11.6 Å². The van der Waals surface area contributed by atoms with Crippen molar-refractivity contribution in [2.45, 2.75) is 19.0 Å². The van der Waals surface area contributed by atoms with Gasteiger partial charge in [0.05, 0.1) is 21.6 Å². The molecule has 1 aromatic heterocycles. The number of hydrogen-bond acceptors (Lipinski definition) is 1.